The van der Waals surface area contributed by atoms with E-state index in [-0.39, 0.29) is 16.9 Å². The maximum Gasteiger partial charge on any atom is 0.290 e. The first-order valence-corrected chi connectivity index (χ1v) is 11.2. The van der Waals surface area contributed by atoms with Crippen LogP contribution in [0.1, 0.15) is 11.4 Å². The van der Waals surface area contributed by atoms with Gasteiger partial charge in [-0.15, -0.1) is 0 Å². The summed E-state index contributed by atoms with van der Waals surface area (Å²) in [4.78, 5) is 19.0. The number of carbonyl (C=O) groups is 1. The van der Waals surface area contributed by atoms with Crippen LogP contribution in [0.25, 0.3) is 11.1 Å². The third-order valence-electron chi connectivity index (χ3n) is 4.48. The van der Waals surface area contributed by atoms with E-state index in [1.54, 1.807) is 24.5 Å². The molecular formula is C22H24F2N4O4S. The zero-order valence-corrected chi connectivity index (χ0v) is 19.1. The van der Waals surface area contributed by atoms with Crippen molar-refractivity contribution in [1.82, 2.24) is 14.9 Å². The fraction of sp³-hybridized carbons (Fsp3) is 0.227. The molecule has 3 aromatic rings. The molecule has 2 aromatic carbocycles. The molecule has 1 aromatic heterocycles. The normalized spacial score (nSPS) is 11.0. The summed E-state index contributed by atoms with van der Waals surface area (Å²) >= 11 is 0. The SMILES string of the molecule is Cc1cc(F)c(NS(=O)(=O)c2ccc(-c3cnc(CCN(C)C)nc3)cc2)cc1F.O=CO. The third kappa shape index (κ3) is 7.29. The van der Waals surface area contributed by atoms with Crippen LogP contribution in [0.2, 0.25) is 0 Å². The number of hydrogen-bond donors (Lipinski definition) is 2. The van der Waals surface area contributed by atoms with Crippen molar-refractivity contribution in [1.29, 1.82) is 0 Å². The Morgan fingerprint density at radius 1 is 1.03 bits per heavy atom. The molecule has 2 N–H and O–H groups in total. The van der Waals surface area contributed by atoms with Gasteiger partial charge >= 0.3 is 0 Å². The molecule has 11 heteroatoms. The van der Waals surface area contributed by atoms with Crippen LogP contribution >= 0.6 is 0 Å². The second-order valence-electron chi connectivity index (χ2n) is 7.26. The van der Waals surface area contributed by atoms with Gasteiger partial charge in [-0.25, -0.2) is 27.2 Å². The minimum absolute atomic E-state index is 0.0739. The van der Waals surface area contributed by atoms with Crippen LogP contribution in [0.5, 0.6) is 0 Å². The number of aryl methyl sites for hydroxylation is 1. The van der Waals surface area contributed by atoms with Crippen molar-refractivity contribution in [2.75, 3.05) is 25.4 Å². The molecule has 0 saturated heterocycles. The molecule has 0 radical (unpaired) electrons. The number of nitrogens with zero attached hydrogens (tertiary/aromatic N) is 3. The van der Waals surface area contributed by atoms with Crippen molar-refractivity contribution in [3.63, 3.8) is 0 Å². The lowest BCUT2D eigenvalue weighted by Gasteiger charge is -2.11. The number of nitrogens with one attached hydrogen (secondary N) is 1. The highest BCUT2D eigenvalue weighted by Gasteiger charge is 2.18. The minimum atomic E-state index is -4.08. The van der Waals surface area contributed by atoms with Gasteiger partial charge in [-0.05, 0) is 50.3 Å². The van der Waals surface area contributed by atoms with E-state index in [9.17, 15) is 17.2 Å². The zero-order chi connectivity index (χ0) is 24.6. The summed E-state index contributed by atoms with van der Waals surface area (Å²) in [5.41, 5.74) is 1.13. The number of carboxylic acid groups (broad SMARTS) is 1. The third-order valence-corrected chi connectivity index (χ3v) is 5.86. The molecule has 0 aliphatic rings. The van der Waals surface area contributed by atoms with Crippen LogP contribution in [-0.4, -0.2) is 55.5 Å². The Balaban J connectivity index is 0.00000122. The molecule has 1 heterocycles. The van der Waals surface area contributed by atoms with Gasteiger partial charge in [0.05, 0.1) is 10.6 Å². The van der Waals surface area contributed by atoms with Crippen LogP contribution in [0.3, 0.4) is 0 Å². The lowest BCUT2D eigenvalue weighted by atomic mass is 10.1. The van der Waals surface area contributed by atoms with Crippen LogP contribution < -0.4 is 4.72 Å². The molecule has 0 aliphatic heterocycles. The monoisotopic (exact) mass is 478 g/mol. The van der Waals surface area contributed by atoms with E-state index in [0.717, 1.165) is 42.0 Å². The molecule has 176 valence electrons. The molecule has 0 spiro atoms. The number of likely N-dealkylation sites (N-methyl/N-ethyl adjacent to an activating group) is 1. The van der Waals surface area contributed by atoms with Crippen LogP contribution in [-0.2, 0) is 21.2 Å². The summed E-state index contributed by atoms with van der Waals surface area (Å²) in [7, 11) is -0.130. The Morgan fingerprint density at radius 2 is 1.61 bits per heavy atom. The lowest BCUT2D eigenvalue weighted by molar-refractivity contribution is -0.122. The van der Waals surface area contributed by atoms with E-state index in [4.69, 9.17) is 9.90 Å². The van der Waals surface area contributed by atoms with Gasteiger partial charge < -0.3 is 10.0 Å². The molecule has 0 atom stereocenters. The van der Waals surface area contributed by atoms with E-state index < -0.39 is 27.3 Å². The van der Waals surface area contributed by atoms with Crippen molar-refractivity contribution in [3.8, 4) is 11.1 Å². The average Bonchev–Trinajstić information content (AvgIpc) is 2.77. The first kappa shape index (κ1) is 25.8. The van der Waals surface area contributed by atoms with Crippen molar-refractivity contribution in [3.05, 3.63) is 71.8 Å². The van der Waals surface area contributed by atoms with E-state index in [0.29, 0.717) is 0 Å². The number of benzene rings is 2. The Bertz CT molecular complexity index is 1190. The van der Waals surface area contributed by atoms with Gasteiger partial charge in [0.25, 0.3) is 16.5 Å². The van der Waals surface area contributed by atoms with E-state index >= 15 is 0 Å². The molecule has 0 saturated carbocycles. The quantitative estimate of drug-likeness (QED) is 0.501. The zero-order valence-electron chi connectivity index (χ0n) is 18.3. The number of rotatable bonds is 7. The number of aromatic nitrogens is 2. The standard InChI is InChI=1S/C21H22F2N4O2S.CH2O2/c1-14-10-19(23)20(11-18(14)22)26-30(28,29)17-6-4-15(5-7-17)16-12-24-21(25-13-16)8-9-27(2)3;2-1-3/h4-7,10-13,26H,8-9H2,1-3H3;1H,(H,2,3). The Labute approximate surface area is 191 Å². The summed E-state index contributed by atoms with van der Waals surface area (Å²) < 4.78 is 54.8. The molecule has 8 nitrogen and oxygen atoms in total. The molecule has 0 aliphatic carbocycles. The molecule has 0 amide bonds. The van der Waals surface area contributed by atoms with Gasteiger partial charge in [-0.2, -0.15) is 0 Å². The predicted octanol–water partition coefficient (Wildman–Crippen LogP) is 3.34. The van der Waals surface area contributed by atoms with Crippen molar-refractivity contribution in [2.45, 2.75) is 18.2 Å². The van der Waals surface area contributed by atoms with E-state index in [1.807, 2.05) is 19.0 Å². The first-order valence-electron chi connectivity index (χ1n) is 9.69. The number of halogens is 2. The van der Waals surface area contributed by atoms with Gasteiger partial charge in [0.15, 0.2) is 0 Å². The molecule has 33 heavy (non-hydrogen) atoms. The number of hydrogen-bond acceptors (Lipinski definition) is 6. The Hall–Kier alpha value is -3.44. The summed E-state index contributed by atoms with van der Waals surface area (Å²) in [6, 6.07) is 7.77. The fourth-order valence-electron chi connectivity index (χ4n) is 2.71. The highest BCUT2D eigenvalue weighted by molar-refractivity contribution is 7.92. The summed E-state index contributed by atoms with van der Waals surface area (Å²) in [5, 5.41) is 6.89. The highest BCUT2D eigenvalue weighted by atomic mass is 32.2. The maximum atomic E-state index is 14.0. The van der Waals surface area contributed by atoms with Gasteiger partial charge in [-0.3, -0.25) is 9.52 Å². The van der Waals surface area contributed by atoms with Gasteiger partial charge in [-0.1, -0.05) is 12.1 Å². The molecule has 3 rings (SSSR count). The second-order valence-corrected chi connectivity index (χ2v) is 8.94. The Kier molecular flexibility index (Phi) is 8.94. The predicted molar refractivity (Wildman–Crippen MR) is 120 cm³/mol. The molecular weight excluding hydrogens is 454 g/mol. The van der Waals surface area contributed by atoms with Crippen molar-refractivity contribution >= 4 is 22.2 Å². The van der Waals surface area contributed by atoms with Gasteiger partial charge in [0, 0.05) is 37.0 Å². The Morgan fingerprint density at radius 3 is 2.15 bits per heavy atom. The highest BCUT2D eigenvalue weighted by Crippen LogP contribution is 2.24. The van der Waals surface area contributed by atoms with Crippen LogP contribution in [0.4, 0.5) is 14.5 Å². The van der Waals surface area contributed by atoms with Crippen molar-refractivity contribution < 1.29 is 27.1 Å². The number of anilines is 1. The van der Waals surface area contributed by atoms with Crippen molar-refractivity contribution in [2.24, 2.45) is 0 Å². The van der Waals surface area contributed by atoms with E-state index in [2.05, 4.69) is 14.7 Å². The summed E-state index contributed by atoms with van der Waals surface area (Å²) in [5.74, 6) is -0.817. The maximum absolute atomic E-state index is 14.0. The van der Waals surface area contributed by atoms with Gasteiger partial charge in [0.2, 0.25) is 0 Å². The van der Waals surface area contributed by atoms with E-state index in [1.165, 1.54) is 19.1 Å². The average molecular weight is 479 g/mol. The number of sulfonamides is 1. The second kappa shape index (κ2) is 11.4. The first-order chi connectivity index (χ1) is 15.6. The smallest absolute Gasteiger partial charge is 0.290 e. The molecule has 0 fully saturated rings. The topological polar surface area (TPSA) is 112 Å². The van der Waals surface area contributed by atoms with Crippen LogP contribution in [0.15, 0.2) is 53.7 Å². The van der Waals surface area contributed by atoms with Crippen LogP contribution in [0, 0.1) is 18.6 Å². The molecule has 0 bridgehead atoms. The summed E-state index contributed by atoms with van der Waals surface area (Å²) in [6.07, 6.45) is 4.10. The summed E-state index contributed by atoms with van der Waals surface area (Å²) in [6.45, 7) is 1.98. The molecule has 0 unspecified atom stereocenters. The minimum Gasteiger partial charge on any atom is -0.483 e. The fourth-order valence-corrected chi connectivity index (χ4v) is 3.77. The lowest BCUT2D eigenvalue weighted by Crippen LogP contribution is -2.16. The largest absolute Gasteiger partial charge is 0.483 e. The van der Waals surface area contributed by atoms with Gasteiger partial charge in [0.1, 0.15) is 17.5 Å².